The summed E-state index contributed by atoms with van der Waals surface area (Å²) in [7, 11) is 1.50. The van der Waals surface area contributed by atoms with Crippen LogP contribution in [0.3, 0.4) is 0 Å². The predicted molar refractivity (Wildman–Crippen MR) is 101 cm³/mol. The molecular weight excluding hydrogens is 356 g/mol. The van der Waals surface area contributed by atoms with Crippen molar-refractivity contribution in [3.63, 3.8) is 0 Å². The molecule has 0 fully saturated rings. The van der Waals surface area contributed by atoms with Crippen LogP contribution < -0.4 is 20.1 Å². The van der Waals surface area contributed by atoms with E-state index in [1.54, 1.807) is 42.5 Å². The Balaban J connectivity index is 1.94. The molecule has 0 saturated carbocycles. The molecule has 2 aromatic rings. The van der Waals surface area contributed by atoms with Crippen molar-refractivity contribution in [1.29, 1.82) is 0 Å². The van der Waals surface area contributed by atoms with Crippen molar-refractivity contribution in [3.05, 3.63) is 53.1 Å². The van der Waals surface area contributed by atoms with Crippen LogP contribution in [0.25, 0.3) is 0 Å². The molecule has 0 aliphatic rings. The number of methoxy groups -OCH3 is 1. The Morgan fingerprint density at radius 2 is 1.77 bits per heavy atom. The number of ether oxygens (including phenoxy) is 2. The highest BCUT2D eigenvalue weighted by Gasteiger charge is 2.13. The van der Waals surface area contributed by atoms with E-state index in [1.807, 2.05) is 13.8 Å². The minimum absolute atomic E-state index is 0.0138. The molecule has 0 radical (unpaired) electrons. The van der Waals surface area contributed by atoms with Gasteiger partial charge in [-0.15, -0.1) is 0 Å². The molecule has 6 nitrogen and oxygen atoms in total. The van der Waals surface area contributed by atoms with Crippen LogP contribution in [0.15, 0.2) is 42.5 Å². The predicted octanol–water partition coefficient (Wildman–Crippen LogP) is 3.50. The van der Waals surface area contributed by atoms with Crippen molar-refractivity contribution in [2.75, 3.05) is 19.0 Å². The maximum atomic E-state index is 12.2. The van der Waals surface area contributed by atoms with Crippen LogP contribution in [0.2, 0.25) is 5.02 Å². The second-order valence-corrected chi connectivity index (χ2v) is 6.21. The van der Waals surface area contributed by atoms with Gasteiger partial charge in [0.25, 0.3) is 5.91 Å². The van der Waals surface area contributed by atoms with Crippen molar-refractivity contribution in [1.82, 2.24) is 5.32 Å². The Hall–Kier alpha value is -2.73. The van der Waals surface area contributed by atoms with Crippen LogP contribution in [-0.4, -0.2) is 31.6 Å². The normalized spacial score (nSPS) is 10.3. The molecule has 0 aromatic heterocycles. The molecular formula is C19H21ClN2O4. The molecule has 2 N–H and O–H groups in total. The Morgan fingerprint density at radius 3 is 2.38 bits per heavy atom. The van der Waals surface area contributed by atoms with Gasteiger partial charge in [0.05, 0.1) is 19.8 Å². The highest BCUT2D eigenvalue weighted by molar-refractivity contribution is 6.30. The quantitative estimate of drug-likeness (QED) is 0.775. The molecule has 7 heteroatoms. The molecule has 0 atom stereocenters. The van der Waals surface area contributed by atoms with Gasteiger partial charge in [-0.25, -0.2) is 0 Å². The van der Waals surface area contributed by atoms with Crippen LogP contribution in [-0.2, 0) is 4.79 Å². The Kier molecular flexibility index (Phi) is 6.86. The number of benzene rings is 2. The largest absolute Gasteiger partial charge is 0.493 e. The lowest BCUT2D eigenvalue weighted by Gasteiger charge is -2.14. The fourth-order valence-corrected chi connectivity index (χ4v) is 2.29. The van der Waals surface area contributed by atoms with Crippen LogP contribution in [0.4, 0.5) is 5.69 Å². The number of carbonyl (C=O) groups excluding carboxylic acids is 2. The lowest BCUT2D eigenvalue weighted by molar-refractivity contribution is -0.115. The number of nitrogens with one attached hydrogen (secondary N) is 2. The molecule has 0 bridgehead atoms. The minimum atomic E-state index is -0.384. The Bertz CT molecular complexity index is 776. The summed E-state index contributed by atoms with van der Waals surface area (Å²) in [4.78, 5) is 24.2. The van der Waals surface area contributed by atoms with Crippen LogP contribution in [0.1, 0.15) is 24.2 Å². The standard InChI is InChI=1S/C19H21ClN2O4/c1-12(2)26-16-9-4-13(10-17(16)25-3)19(24)21-11-18(23)22-15-7-5-14(20)6-8-15/h4-10,12H,11H2,1-3H3,(H,21,24)(H,22,23). The second kappa shape index (κ2) is 9.10. The number of amides is 2. The van der Waals surface area contributed by atoms with Crippen LogP contribution in [0, 0.1) is 0 Å². The van der Waals surface area contributed by atoms with Crippen molar-refractivity contribution in [3.8, 4) is 11.5 Å². The van der Waals surface area contributed by atoms with Crippen molar-refractivity contribution in [2.24, 2.45) is 0 Å². The zero-order valence-corrected chi connectivity index (χ0v) is 15.6. The lowest BCUT2D eigenvalue weighted by Crippen LogP contribution is -2.32. The Morgan fingerprint density at radius 1 is 1.08 bits per heavy atom. The molecule has 0 spiro atoms. The first kappa shape index (κ1) is 19.6. The first-order valence-corrected chi connectivity index (χ1v) is 8.45. The number of carbonyl (C=O) groups is 2. The maximum absolute atomic E-state index is 12.2. The highest BCUT2D eigenvalue weighted by atomic mass is 35.5. The van der Waals surface area contributed by atoms with Gasteiger partial charge in [0.2, 0.25) is 5.91 Å². The van der Waals surface area contributed by atoms with Gasteiger partial charge in [-0.3, -0.25) is 9.59 Å². The van der Waals surface area contributed by atoms with E-state index >= 15 is 0 Å². The van der Waals surface area contributed by atoms with Crippen molar-refractivity contribution < 1.29 is 19.1 Å². The lowest BCUT2D eigenvalue weighted by atomic mass is 10.2. The average Bonchev–Trinajstić information content (AvgIpc) is 2.61. The molecule has 0 heterocycles. The van der Waals surface area contributed by atoms with E-state index in [0.717, 1.165) is 0 Å². The molecule has 138 valence electrons. The van der Waals surface area contributed by atoms with Gasteiger partial charge in [0.1, 0.15) is 0 Å². The smallest absolute Gasteiger partial charge is 0.251 e. The highest BCUT2D eigenvalue weighted by Crippen LogP contribution is 2.28. The van der Waals surface area contributed by atoms with E-state index in [-0.39, 0.29) is 24.5 Å². The Labute approximate surface area is 157 Å². The monoisotopic (exact) mass is 376 g/mol. The summed E-state index contributed by atoms with van der Waals surface area (Å²) in [6, 6.07) is 11.6. The van der Waals surface area contributed by atoms with Gasteiger partial charge in [-0.2, -0.15) is 0 Å². The van der Waals surface area contributed by atoms with E-state index in [0.29, 0.717) is 27.8 Å². The van der Waals surface area contributed by atoms with Gasteiger partial charge in [0.15, 0.2) is 11.5 Å². The van der Waals surface area contributed by atoms with E-state index in [2.05, 4.69) is 10.6 Å². The van der Waals surface area contributed by atoms with Gasteiger partial charge in [-0.1, -0.05) is 11.6 Å². The molecule has 0 unspecified atom stereocenters. The van der Waals surface area contributed by atoms with Crippen LogP contribution >= 0.6 is 11.6 Å². The summed E-state index contributed by atoms with van der Waals surface area (Å²) in [5.74, 6) is 0.287. The van der Waals surface area contributed by atoms with Gasteiger partial charge >= 0.3 is 0 Å². The number of anilines is 1. The zero-order valence-electron chi connectivity index (χ0n) is 14.8. The molecule has 0 aliphatic heterocycles. The summed E-state index contributed by atoms with van der Waals surface area (Å²) < 4.78 is 10.9. The van der Waals surface area contributed by atoms with Gasteiger partial charge in [-0.05, 0) is 56.3 Å². The summed E-state index contributed by atoms with van der Waals surface area (Å²) >= 11 is 5.79. The number of hydrogen-bond acceptors (Lipinski definition) is 4. The topological polar surface area (TPSA) is 76.7 Å². The zero-order chi connectivity index (χ0) is 19.1. The summed E-state index contributed by atoms with van der Waals surface area (Å²) in [6.45, 7) is 3.65. The van der Waals surface area contributed by atoms with Crippen LogP contribution in [0.5, 0.6) is 11.5 Å². The molecule has 2 aromatic carbocycles. The summed E-state index contributed by atoms with van der Waals surface area (Å²) in [5.41, 5.74) is 0.975. The maximum Gasteiger partial charge on any atom is 0.251 e. The number of rotatable bonds is 7. The fourth-order valence-electron chi connectivity index (χ4n) is 2.16. The average molecular weight is 377 g/mol. The molecule has 0 saturated heterocycles. The second-order valence-electron chi connectivity index (χ2n) is 5.77. The third-order valence-corrected chi connectivity index (χ3v) is 3.58. The first-order valence-electron chi connectivity index (χ1n) is 8.07. The molecule has 26 heavy (non-hydrogen) atoms. The fraction of sp³-hybridized carbons (Fsp3) is 0.263. The molecule has 2 amide bonds. The number of halogens is 1. The summed E-state index contributed by atoms with van der Waals surface area (Å²) in [6.07, 6.45) is -0.0138. The number of hydrogen-bond donors (Lipinski definition) is 2. The van der Waals surface area contributed by atoms with E-state index in [4.69, 9.17) is 21.1 Å². The third kappa shape index (κ3) is 5.67. The molecule has 2 rings (SSSR count). The first-order chi connectivity index (χ1) is 12.4. The minimum Gasteiger partial charge on any atom is -0.493 e. The van der Waals surface area contributed by atoms with Gasteiger partial charge in [0, 0.05) is 16.3 Å². The van der Waals surface area contributed by atoms with E-state index in [1.165, 1.54) is 7.11 Å². The van der Waals surface area contributed by atoms with E-state index < -0.39 is 0 Å². The van der Waals surface area contributed by atoms with Crippen molar-refractivity contribution in [2.45, 2.75) is 20.0 Å². The van der Waals surface area contributed by atoms with Crippen molar-refractivity contribution >= 4 is 29.1 Å². The van der Waals surface area contributed by atoms with E-state index in [9.17, 15) is 9.59 Å². The van der Waals surface area contributed by atoms with Gasteiger partial charge < -0.3 is 20.1 Å². The summed E-state index contributed by atoms with van der Waals surface area (Å²) in [5, 5.41) is 5.82. The SMILES string of the molecule is COc1cc(C(=O)NCC(=O)Nc2ccc(Cl)cc2)ccc1OC(C)C. The third-order valence-electron chi connectivity index (χ3n) is 3.33. The molecule has 0 aliphatic carbocycles.